The Morgan fingerprint density at radius 2 is 1.47 bits per heavy atom. The summed E-state index contributed by atoms with van der Waals surface area (Å²) in [6.45, 7) is 14.3. The summed E-state index contributed by atoms with van der Waals surface area (Å²) in [4.78, 5) is 29.3. The van der Waals surface area contributed by atoms with Crippen LogP contribution in [0, 0.1) is 38.9 Å². The van der Waals surface area contributed by atoms with Gasteiger partial charge in [0.15, 0.2) is 0 Å². The number of hydrogen-bond donors (Lipinski definition) is 4. The number of carbonyl (C=O) groups excluding carboxylic acids is 2. The van der Waals surface area contributed by atoms with Crippen molar-refractivity contribution in [3.8, 4) is 0 Å². The quantitative estimate of drug-likeness (QED) is 0.141. The Morgan fingerprint density at radius 1 is 0.817 bits per heavy atom. The van der Waals surface area contributed by atoms with Gasteiger partial charge in [-0.1, -0.05) is 68.5 Å². The van der Waals surface area contributed by atoms with E-state index in [0.717, 1.165) is 89.2 Å². The van der Waals surface area contributed by atoms with Crippen molar-refractivity contribution in [2.45, 2.75) is 153 Å². The molecule has 7 nitrogen and oxygen atoms in total. The summed E-state index contributed by atoms with van der Waals surface area (Å²) in [5.74, 6) is 1.08. The number of nitrogens with one attached hydrogen (secondary N) is 4. The van der Waals surface area contributed by atoms with Crippen molar-refractivity contribution in [2.24, 2.45) is 38.9 Å². The molecule has 11 rings (SSSR count). The topological polar surface area (TPSA) is 91.5 Å². The summed E-state index contributed by atoms with van der Waals surface area (Å²) < 4.78 is 36.8. The summed E-state index contributed by atoms with van der Waals surface area (Å²) in [6, 6.07) is 8.74. The predicted octanol–water partition coefficient (Wildman–Crippen LogP) is 8.70. The summed E-state index contributed by atoms with van der Waals surface area (Å²) in [5.41, 5.74) is 2.23. The lowest BCUT2D eigenvalue weighted by atomic mass is 9.34. The fourth-order valence-corrected chi connectivity index (χ4v) is 16.4. The lowest BCUT2D eigenvalue weighted by Gasteiger charge is -2.69. The number of allylic oxidation sites excluding steroid dienone is 5. The average Bonchev–Trinajstić information content (AvgIpc) is 3.21. The highest BCUT2D eigenvalue weighted by Crippen LogP contribution is 2.76. The van der Waals surface area contributed by atoms with Crippen molar-refractivity contribution in [3.63, 3.8) is 0 Å². The molecule has 2 saturated heterocycles. The van der Waals surface area contributed by atoms with Crippen LogP contribution in [0.2, 0.25) is 0 Å². The summed E-state index contributed by atoms with van der Waals surface area (Å²) >= 11 is 0. The maximum Gasteiger partial charge on any atom is 0.226 e. The van der Waals surface area contributed by atoms with Gasteiger partial charge in [-0.15, -0.1) is 0 Å². The van der Waals surface area contributed by atoms with Gasteiger partial charge in [0.25, 0.3) is 0 Å². The van der Waals surface area contributed by atoms with Gasteiger partial charge < -0.3 is 26.0 Å². The standard InChI is InChI=1S/C51H72F2N4O3/c1-5-8-9-10-34(4)47-23-37-24-50(29-47,45(59)57-42-16-19-55-26-40(42)53)32-51(30-47,33-60-7-3)43(37)36-11-13-38(14-12-36)48-21-35-20-46(27-48,17-6-2)28-49(22-35,31-48)44(58)56-41-15-18-54-25-39(41)52/h5,8-14,35,37,39-43,54-55H,4,6-7,15-33H2,1-3H3,(H,56,58)(H,57,59)/b8-5-,10-9-/t35?,37?,39-,40-,41+,42+,43?,46+,47-,48+,49?,50?,51+/m0/s1. The van der Waals surface area contributed by atoms with Crippen LogP contribution in [-0.2, 0) is 19.7 Å². The van der Waals surface area contributed by atoms with Gasteiger partial charge in [0.05, 0.1) is 29.5 Å². The third kappa shape index (κ3) is 7.16. The van der Waals surface area contributed by atoms with E-state index in [2.05, 4.69) is 71.5 Å². The van der Waals surface area contributed by atoms with Crippen LogP contribution in [0.1, 0.15) is 134 Å². The van der Waals surface area contributed by atoms with Gasteiger partial charge in [0, 0.05) is 25.1 Å². The second-order valence-electron chi connectivity index (χ2n) is 21.8. The Balaban J connectivity index is 1.05. The van der Waals surface area contributed by atoms with Crippen molar-refractivity contribution in [2.75, 3.05) is 39.4 Å². The highest BCUT2D eigenvalue weighted by atomic mass is 19.1. The molecule has 10 fully saturated rings. The van der Waals surface area contributed by atoms with E-state index in [0.29, 0.717) is 45.1 Å². The molecule has 8 saturated carbocycles. The lowest BCUT2D eigenvalue weighted by Crippen LogP contribution is -2.66. The van der Waals surface area contributed by atoms with Crippen LogP contribution >= 0.6 is 0 Å². The zero-order valence-corrected chi connectivity index (χ0v) is 36.7. The molecule has 0 spiro atoms. The van der Waals surface area contributed by atoms with E-state index in [-0.39, 0.29) is 51.9 Å². The number of piperidine rings is 2. The van der Waals surface area contributed by atoms with E-state index in [4.69, 9.17) is 11.3 Å². The van der Waals surface area contributed by atoms with Crippen molar-refractivity contribution in [1.82, 2.24) is 21.3 Å². The molecule has 1 aromatic carbocycles. The van der Waals surface area contributed by atoms with Crippen LogP contribution in [0.5, 0.6) is 0 Å². The number of benzene rings is 1. The maximum atomic E-state index is 15.2. The number of carbonyl (C=O) groups is 2. The number of hydrogen-bond acceptors (Lipinski definition) is 5. The van der Waals surface area contributed by atoms with E-state index in [9.17, 15) is 9.59 Å². The highest BCUT2D eigenvalue weighted by molar-refractivity contribution is 5.85. The van der Waals surface area contributed by atoms with Gasteiger partial charge in [-0.2, -0.15) is 0 Å². The van der Waals surface area contributed by atoms with Crippen molar-refractivity contribution < 1.29 is 23.1 Å². The average molecular weight is 827 g/mol. The molecule has 2 amide bonds. The van der Waals surface area contributed by atoms with E-state index in [1.807, 2.05) is 19.1 Å². The van der Waals surface area contributed by atoms with Crippen LogP contribution in [-0.4, -0.2) is 75.6 Å². The third-order valence-corrected chi connectivity index (χ3v) is 17.6. The molecule has 2 aliphatic heterocycles. The first-order valence-electron chi connectivity index (χ1n) is 23.8. The molecule has 1 aromatic rings. The van der Waals surface area contributed by atoms with Gasteiger partial charge in [0.2, 0.25) is 11.8 Å². The minimum atomic E-state index is -1.10. The van der Waals surface area contributed by atoms with Gasteiger partial charge in [-0.05, 0) is 168 Å². The molecule has 60 heavy (non-hydrogen) atoms. The van der Waals surface area contributed by atoms with Crippen LogP contribution < -0.4 is 21.3 Å². The van der Waals surface area contributed by atoms with Crippen molar-refractivity contribution in [3.05, 3.63) is 71.8 Å². The molecule has 5 unspecified atom stereocenters. The molecule has 8 bridgehead atoms. The van der Waals surface area contributed by atoms with Crippen molar-refractivity contribution in [1.29, 1.82) is 0 Å². The third-order valence-electron chi connectivity index (χ3n) is 17.6. The minimum absolute atomic E-state index is 0.0220. The fourth-order valence-electron chi connectivity index (χ4n) is 16.4. The first-order valence-corrected chi connectivity index (χ1v) is 23.8. The monoisotopic (exact) mass is 827 g/mol. The molecule has 8 aliphatic carbocycles. The molecular weight excluding hydrogens is 755 g/mol. The summed E-state index contributed by atoms with van der Waals surface area (Å²) in [6.07, 6.45) is 19.9. The zero-order chi connectivity index (χ0) is 42.0. The van der Waals surface area contributed by atoms with Gasteiger partial charge >= 0.3 is 0 Å². The molecular formula is C51H72F2N4O3. The van der Waals surface area contributed by atoms with Gasteiger partial charge in [-0.3, -0.25) is 9.59 Å². The molecule has 0 aromatic heterocycles. The van der Waals surface area contributed by atoms with E-state index >= 15 is 8.78 Å². The zero-order valence-electron chi connectivity index (χ0n) is 36.7. The largest absolute Gasteiger partial charge is 0.381 e. The first-order chi connectivity index (χ1) is 28.9. The molecule has 10 aliphatic rings. The Morgan fingerprint density at radius 3 is 2.10 bits per heavy atom. The molecule has 0 radical (unpaired) electrons. The summed E-state index contributed by atoms with van der Waals surface area (Å²) in [7, 11) is 0. The van der Waals surface area contributed by atoms with Crippen LogP contribution in [0.15, 0.2) is 60.7 Å². The maximum absolute atomic E-state index is 15.2. The van der Waals surface area contributed by atoms with E-state index in [1.165, 1.54) is 17.5 Å². The van der Waals surface area contributed by atoms with Crippen LogP contribution in [0.3, 0.4) is 0 Å². The molecule has 2 heterocycles. The molecule has 9 heteroatoms. The molecule has 328 valence electrons. The SMILES string of the molecule is C=C(/C=C\C=C/C)[C@@]12CC3CC(C(=O)N[C@@H]4CCNC[C@@H]4F)(C1)C[C@@](COCC)(C2)C3c1ccc([C@]23CC4CC(C(=O)N[C@@H]5CCNC[C@@H]5F)(C[C@](CCC)(C4)C2)C3)cc1. The highest BCUT2D eigenvalue weighted by Gasteiger charge is 2.70. The number of rotatable bonds is 14. The Bertz CT molecular complexity index is 1870. The Hall–Kier alpha value is -2.88. The van der Waals surface area contributed by atoms with E-state index < -0.39 is 35.3 Å². The Kier molecular flexibility index (Phi) is 11.3. The lowest BCUT2D eigenvalue weighted by molar-refractivity contribution is -0.190. The summed E-state index contributed by atoms with van der Waals surface area (Å²) in [5, 5.41) is 12.9. The fraction of sp³-hybridized carbons (Fsp3) is 0.725. The Labute approximate surface area is 358 Å². The first kappa shape index (κ1) is 42.4. The predicted molar refractivity (Wildman–Crippen MR) is 234 cm³/mol. The van der Waals surface area contributed by atoms with Crippen molar-refractivity contribution >= 4 is 11.8 Å². The van der Waals surface area contributed by atoms with E-state index in [1.54, 1.807) is 0 Å². The number of halogens is 2. The number of amides is 2. The van der Waals surface area contributed by atoms with Crippen LogP contribution in [0.4, 0.5) is 8.78 Å². The van der Waals surface area contributed by atoms with Gasteiger partial charge in [-0.25, -0.2) is 8.78 Å². The second-order valence-corrected chi connectivity index (χ2v) is 21.8. The van der Waals surface area contributed by atoms with Crippen LogP contribution in [0.25, 0.3) is 0 Å². The second kappa shape index (κ2) is 16.0. The molecule has 13 atom stereocenters. The van der Waals surface area contributed by atoms with Gasteiger partial charge in [0.1, 0.15) is 12.3 Å². The smallest absolute Gasteiger partial charge is 0.226 e. The molecule has 4 N–H and O–H groups in total. The number of alkyl halides is 2. The normalized spacial score (nSPS) is 44.1. The number of ether oxygens (including phenoxy) is 1. The minimum Gasteiger partial charge on any atom is -0.381 e.